The molecule has 2 rings (SSSR count). The van der Waals surface area contributed by atoms with Gasteiger partial charge in [-0.05, 0) is 53.5 Å². The number of ether oxygens (including phenoxy) is 1. The summed E-state index contributed by atoms with van der Waals surface area (Å²) < 4.78 is 11.6. The summed E-state index contributed by atoms with van der Waals surface area (Å²) >= 11 is 0. The third-order valence-corrected chi connectivity index (χ3v) is 8.79. The van der Waals surface area contributed by atoms with Gasteiger partial charge < -0.3 is 9.16 Å². The van der Waals surface area contributed by atoms with E-state index in [1.165, 1.54) is 5.56 Å². The van der Waals surface area contributed by atoms with E-state index >= 15 is 0 Å². The van der Waals surface area contributed by atoms with Gasteiger partial charge in [-0.1, -0.05) is 45.0 Å². The predicted octanol–water partition coefficient (Wildman–Crippen LogP) is 5.75. The van der Waals surface area contributed by atoms with Crippen LogP contribution in [0, 0.1) is 0 Å². The van der Waals surface area contributed by atoms with Gasteiger partial charge in [0.15, 0.2) is 0 Å². The second-order valence-corrected chi connectivity index (χ2v) is 11.8. The summed E-state index contributed by atoms with van der Waals surface area (Å²) in [6.45, 7) is 11.3. The zero-order valence-electron chi connectivity index (χ0n) is 14.4. The van der Waals surface area contributed by atoms with Gasteiger partial charge >= 0.3 is 0 Å². The highest BCUT2D eigenvalue weighted by molar-refractivity contribution is 6.74. The lowest BCUT2D eigenvalue weighted by Crippen LogP contribution is -2.43. The maximum atomic E-state index is 6.32. The van der Waals surface area contributed by atoms with Gasteiger partial charge in [-0.25, -0.2) is 0 Å². The molecule has 0 saturated heterocycles. The summed E-state index contributed by atoms with van der Waals surface area (Å²) in [5, 5.41) is 0.207. The fourth-order valence-corrected chi connectivity index (χ4v) is 3.00. The summed E-state index contributed by atoms with van der Waals surface area (Å²) in [5.41, 5.74) is 2.32. The average Bonchev–Trinajstić information content (AvgIpc) is 2.46. The van der Waals surface area contributed by atoms with Gasteiger partial charge in [0, 0.05) is 0 Å². The molecular formula is C19H26O2Si. The van der Waals surface area contributed by atoms with Crippen LogP contribution in [0.4, 0.5) is 0 Å². The Labute approximate surface area is 135 Å². The predicted molar refractivity (Wildman–Crippen MR) is 96.3 cm³/mol. The Bertz CT molecular complexity index is 625. The fraction of sp³-hybridized carbons (Fsp3) is 0.368. The van der Waals surface area contributed by atoms with Crippen molar-refractivity contribution in [3.63, 3.8) is 0 Å². The first-order valence-electron chi connectivity index (χ1n) is 7.66. The Morgan fingerprint density at radius 1 is 0.818 bits per heavy atom. The van der Waals surface area contributed by atoms with Crippen molar-refractivity contribution in [1.82, 2.24) is 0 Å². The van der Waals surface area contributed by atoms with Crippen LogP contribution in [-0.2, 0) is 0 Å². The van der Waals surface area contributed by atoms with Crippen molar-refractivity contribution in [3.8, 4) is 22.6 Å². The quantitative estimate of drug-likeness (QED) is 0.669. The molecule has 0 aliphatic rings. The van der Waals surface area contributed by atoms with Crippen LogP contribution in [-0.4, -0.2) is 15.4 Å². The summed E-state index contributed by atoms with van der Waals surface area (Å²) in [6.07, 6.45) is 0. The van der Waals surface area contributed by atoms with Crippen molar-refractivity contribution < 1.29 is 9.16 Å². The first-order chi connectivity index (χ1) is 10.2. The zero-order chi connectivity index (χ0) is 16.4. The second kappa shape index (κ2) is 6.17. The fourth-order valence-electron chi connectivity index (χ4n) is 1.97. The van der Waals surface area contributed by atoms with E-state index in [2.05, 4.69) is 64.2 Å². The van der Waals surface area contributed by atoms with E-state index in [9.17, 15) is 0 Å². The molecule has 0 N–H and O–H groups in total. The Morgan fingerprint density at radius 3 is 2.00 bits per heavy atom. The first kappa shape index (κ1) is 16.6. The monoisotopic (exact) mass is 314 g/mol. The van der Waals surface area contributed by atoms with Gasteiger partial charge in [0.2, 0.25) is 8.32 Å². The molecule has 0 spiro atoms. The Kier molecular flexibility index (Phi) is 4.66. The van der Waals surface area contributed by atoms with Crippen LogP contribution in [0.3, 0.4) is 0 Å². The van der Waals surface area contributed by atoms with Gasteiger partial charge in [0.1, 0.15) is 11.5 Å². The maximum absolute atomic E-state index is 6.32. The second-order valence-electron chi connectivity index (χ2n) is 7.12. The summed E-state index contributed by atoms with van der Waals surface area (Å²) in [7, 11) is -0.0874. The molecule has 2 nitrogen and oxygen atoms in total. The number of rotatable bonds is 4. The minimum Gasteiger partial charge on any atom is -0.544 e. The molecule has 0 atom stereocenters. The maximum Gasteiger partial charge on any atom is 0.250 e. The van der Waals surface area contributed by atoms with Gasteiger partial charge in [-0.2, -0.15) is 0 Å². The van der Waals surface area contributed by atoms with Crippen LogP contribution in [0.1, 0.15) is 20.8 Å². The topological polar surface area (TPSA) is 18.5 Å². The normalized spacial score (nSPS) is 12.1. The minimum absolute atomic E-state index is 0.207. The lowest BCUT2D eigenvalue weighted by Gasteiger charge is -2.36. The number of hydrogen-bond acceptors (Lipinski definition) is 2. The van der Waals surface area contributed by atoms with Crippen molar-refractivity contribution in [2.45, 2.75) is 38.9 Å². The molecule has 0 amide bonds. The van der Waals surface area contributed by atoms with Crippen LogP contribution in [0.25, 0.3) is 11.1 Å². The van der Waals surface area contributed by atoms with Crippen molar-refractivity contribution in [2.75, 3.05) is 7.11 Å². The molecule has 2 aromatic rings. The van der Waals surface area contributed by atoms with E-state index in [-0.39, 0.29) is 5.04 Å². The van der Waals surface area contributed by atoms with E-state index in [4.69, 9.17) is 9.16 Å². The number of benzene rings is 2. The lowest BCUT2D eigenvalue weighted by molar-refractivity contribution is 0.415. The Hall–Kier alpha value is -1.74. The molecule has 0 saturated carbocycles. The molecule has 0 aliphatic heterocycles. The summed E-state index contributed by atoms with van der Waals surface area (Å²) in [4.78, 5) is 0. The summed E-state index contributed by atoms with van der Waals surface area (Å²) in [6, 6.07) is 16.4. The highest BCUT2D eigenvalue weighted by Gasteiger charge is 2.38. The largest absolute Gasteiger partial charge is 0.544 e. The van der Waals surface area contributed by atoms with E-state index in [0.29, 0.717) is 0 Å². The average molecular weight is 315 g/mol. The molecule has 118 valence electrons. The Balaban J connectivity index is 2.20. The van der Waals surface area contributed by atoms with Crippen LogP contribution in [0.5, 0.6) is 11.5 Å². The first-order valence-corrected chi connectivity index (χ1v) is 10.6. The molecule has 0 unspecified atom stereocenters. The van der Waals surface area contributed by atoms with Gasteiger partial charge in [-0.3, -0.25) is 0 Å². The number of hydrogen-bond donors (Lipinski definition) is 0. The third-order valence-electron chi connectivity index (χ3n) is 4.44. The van der Waals surface area contributed by atoms with Gasteiger partial charge in [-0.15, -0.1) is 0 Å². The zero-order valence-corrected chi connectivity index (χ0v) is 15.4. The minimum atomic E-state index is -1.78. The van der Waals surface area contributed by atoms with Gasteiger partial charge in [0.25, 0.3) is 0 Å². The molecule has 0 aromatic heterocycles. The van der Waals surface area contributed by atoms with E-state index < -0.39 is 8.32 Å². The lowest BCUT2D eigenvalue weighted by atomic mass is 10.1. The molecular weight excluding hydrogens is 288 g/mol. The van der Waals surface area contributed by atoms with Crippen LogP contribution >= 0.6 is 0 Å². The van der Waals surface area contributed by atoms with Crippen molar-refractivity contribution in [1.29, 1.82) is 0 Å². The molecule has 22 heavy (non-hydrogen) atoms. The van der Waals surface area contributed by atoms with Gasteiger partial charge in [0.05, 0.1) is 7.11 Å². The van der Waals surface area contributed by atoms with Crippen LogP contribution in [0.15, 0.2) is 48.5 Å². The number of methoxy groups -OCH3 is 1. The van der Waals surface area contributed by atoms with E-state index in [1.807, 2.05) is 18.2 Å². The SMILES string of the molecule is COc1cccc(-c2ccc(O[Si](C)(C)C(C)(C)C)cc2)c1. The van der Waals surface area contributed by atoms with Crippen LogP contribution < -0.4 is 9.16 Å². The van der Waals surface area contributed by atoms with Crippen LogP contribution in [0.2, 0.25) is 18.1 Å². The molecule has 2 aromatic carbocycles. The van der Waals surface area contributed by atoms with Crippen molar-refractivity contribution in [3.05, 3.63) is 48.5 Å². The van der Waals surface area contributed by atoms with E-state index in [1.54, 1.807) is 7.11 Å². The third kappa shape index (κ3) is 3.71. The Morgan fingerprint density at radius 2 is 1.45 bits per heavy atom. The molecule has 0 radical (unpaired) electrons. The van der Waals surface area contributed by atoms with Crippen molar-refractivity contribution in [2.24, 2.45) is 0 Å². The van der Waals surface area contributed by atoms with E-state index in [0.717, 1.165) is 17.1 Å². The highest BCUT2D eigenvalue weighted by atomic mass is 28.4. The highest BCUT2D eigenvalue weighted by Crippen LogP contribution is 2.37. The standard InChI is InChI=1S/C19H26O2Si/c1-19(2,3)22(5,6)21-17-12-10-15(11-13-17)16-8-7-9-18(14-16)20-4/h7-14H,1-6H3. The molecule has 3 heteroatoms. The molecule has 0 bridgehead atoms. The molecule has 0 fully saturated rings. The van der Waals surface area contributed by atoms with Crippen molar-refractivity contribution >= 4 is 8.32 Å². The molecule has 0 aliphatic carbocycles. The molecule has 0 heterocycles. The summed E-state index contributed by atoms with van der Waals surface area (Å²) in [5.74, 6) is 1.83. The smallest absolute Gasteiger partial charge is 0.250 e.